The van der Waals surface area contributed by atoms with Crippen molar-refractivity contribution in [2.75, 3.05) is 26.7 Å². The number of aliphatic hydroxyl groups is 1. The van der Waals surface area contributed by atoms with Crippen molar-refractivity contribution < 1.29 is 31.1 Å². The van der Waals surface area contributed by atoms with Crippen molar-refractivity contribution in [1.82, 2.24) is 8.61 Å². The number of sulfonamides is 2. The normalized spacial score (nSPS) is 20.6. The van der Waals surface area contributed by atoms with E-state index in [-0.39, 0.29) is 35.2 Å². The van der Waals surface area contributed by atoms with Gasteiger partial charge in [0.25, 0.3) is 0 Å². The van der Waals surface area contributed by atoms with E-state index in [0.29, 0.717) is 12.0 Å². The Morgan fingerprint density at radius 3 is 2.65 bits per heavy atom. The standard InChI is InChI=1S/C26H33FN2O6S2/c1-5-6-7-9-21-12-13-26-24(14-21)35-25(19(2)16-29(20(3)18-30)37(26,33)34)17-28(4)36(31,32)23-11-8-10-22(27)15-23/h8,10-15,19-20,25,30H,5-6,16-18H2,1-4H3/t19-,20+,25-/m1/s1. The summed E-state index contributed by atoms with van der Waals surface area (Å²) in [5.41, 5.74) is 0.567. The Morgan fingerprint density at radius 2 is 2.00 bits per heavy atom. The third kappa shape index (κ3) is 6.51. The number of halogens is 1. The number of ether oxygens (including phenoxy) is 1. The molecule has 1 aliphatic heterocycles. The summed E-state index contributed by atoms with van der Waals surface area (Å²) in [7, 11) is -6.71. The number of benzene rings is 2. The van der Waals surface area contributed by atoms with Gasteiger partial charge >= 0.3 is 0 Å². The van der Waals surface area contributed by atoms with Crippen LogP contribution in [-0.4, -0.2) is 69.4 Å². The van der Waals surface area contributed by atoms with Gasteiger partial charge in [0.2, 0.25) is 20.0 Å². The lowest BCUT2D eigenvalue weighted by atomic mass is 10.0. The van der Waals surface area contributed by atoms with Crippen LogP contribution in [0.15, 0.2) is 52.3 Å². The summed E-state index contributed by atoms with van der Waals surface area (Å²) in [6, 6.07) is 8.60. The summed E-state index contributed by atoms with van der Waals surface area (Å²) in [5, 5.41) is 9.77. The summed E-state index contributed by atoms with van der Waals surface area (Å²) < 4.78 is 75.6. The van der Waals surface area contributed by atoms with Gasteiger partial charge in [0.15, 0.2) is 0 Å². The first-order valence-corrected chi connectivity index (χ1v) is 14.9. The largest absolute Gasteiger partial charge is 0.487 e. The summed E-state index contributed by atoms with van der Waals surface area (Å²) in [6.45, 7) is 4.86. The molecular weight excluding hydrogens is 519 g/mol. The molecule has 3 atom stereocenters. The van der Waals surface area contributed by atoms with Crippen LogP contribution < -0.4 is 4.74 Å². The van der Waals surface area contributed by atoms with Crippen molar-refractivity contribution in [2.45, 2.75) is 55.5 Å². The van der Waals surface area contributed by atoms with Gasteiger partial charge in [-0.15, -0.1) is 0 Å². The summed E-state index contributed by atoms with van der Waals surface area (Å²) in [5.74, 6) is 4.95. The Labute approximate surface area is 219 Å². The zero-order valence-corrected chi connectivity index (χ0v) is 23.0. The molecule has 1 aliphatic rings. The van der Waals surface area contributed by atoms with Gasteiger partial charge in [0.1, 0.15) is 22.6 Å². The Kier molecular flexibility index (Phi) is 9.37. The summed E-state index contributed by atoms with van der Waals surface area (Å²) in [6.07, 6.45) is 0.804. The van der Waals surface area contributed by atoms with Crippen LogP contribution in [0.25, 0.3) is 0 Å². The number of nitrogens with zero attached hydrogens (tertiary/aromatic N) is 2. The molecule has 1 heterocycles. The summed E-state index contributed by atoms with van der Waals surface area (Å²) in [4.78, 5) is -0.276. The molecule has 2 aromatic rings. The molecule has 0 unspecified atom stereocenters. The minimum absolute atomic E-state index is 0.0000758. The molecule has 0 fully saturated rings. The lowest BCUT2D eigenvalue weighted by molar-refractivity contribution is 0.0904. The van der Waals surface area contributed by atoms with Crippen LogP contribution in [0.4, 0.5) is 4.39 Å². The maximum Gasteiger partial charge on any atom is 0.247 e. The van der Waals surface area contributed by atoms with Crippen molar-refractivity contribution in [3.8, 4) is 17.6 Å². The van der Waals surface area contributed by atoms with Gasteiger partial charge in [0, 0.05) is 37.5 Å². The molecule has 3 rings (SSSR count). The molecule has 11 heteroatoms. The van der Waals surface area contributed by atoms with Crippen molar-refractivity contribution in [1.29, 1.82) is 0 Å². The number of hydrogen-bond donors (Lipinski definition) is 1. The van der Waals surface area contributed by atoms with E-state index in [0.717, 1.165) is 22.9 Å². The molecule has 2 aromatic carbocycles. The van der Waals surface area contributed by atoms with E-state index in [1.54, 1.807) is 26.0 Å². The molecular formula is C26H33FN2O6S2. The van der Waals surface area contributed by atoms with Crippen molar-refractivity contribution in [3.05, 3.63) is 53.8 Å². The number of hydrogen-bond acceptors (Lipinski definition) is 6. The van der Waals surface area contributed by atoms with Gasteiger partial charge in [-0.2, -0.15) is 8.61 Å². The molecule has 37 heavy (non-hydrogen) atoms. The van der Waals surface area contributed by atoms with E-state index in [4.69, 9.17) is 4.74 Å². The van der Waals surface area contributed by atoms with Gasteiger partial charge in [-0.1, -0.05) is 31.8 Å². The van der Waals surface area contributed by atoms with E-state index in [1.165, 1.54) is 29.6 Å². The lowest BCUT2D eigenvalue weighted by Gasteiger charge is -2.37. The van der Waals surface area contributed by atoms with Crippen LogP contribution >= 0.6 is 0 Å². The highest BCUT2D eigenvalue weighted by atomic mass is 32.2. The molecule has 8 nitrogen and oxygen atoms in total. The van der Waals surface area contributed by atoms with Gasteiger partial charge in [0.05, 0.1) is 18.0 Å². The molecule has 0 saturated carbocycles. The molecule has 0 saturated heterocycles. The molecule has 0 aliphatic carbocycles. The van der Waals surface area contributed by atoms with E-state index < -0.39 is 43.9 Å². The average molecular weight is 553 g/mol. The Morgan fingerprint density at radius 1 is 1.27 bits per heavy atom. The Bertz CT molecular complexity index is 1390. The molecule has 1 N–H and O–H groups in total. The smallest absolute Gasteiger partial charge is 0.247 e. The van der Waals surface area contributed by atoms with E-state index in [2.05, 4.69) is 11.8 Å². The molecule has 202 valence electrons. The van der Waals surface area contributed by atoms with Crippen LogP contribution in [0.2, 0.25) is 0 Å². The van der Waals surface area contributed by atoms with Gasteiger partial charge in [-0.05, 0) is 49.7 Å². The van der Waals surface area contributed by atoms with E-state index >= 15 is 0 Å². The zero-order valence-electron chi connectivity index (χ0n) is 21.4. The number of likely N-dealkylation sites (N-methyl/N-ethyl adjacent to an activating group) is 1. The second-order valence-corrected chi connectivity index (χ2v) is 13.1. The molecule has 0 amide bonds. The number of fused-ring (bicyclic) bond motifs is 1. The topological polar surface area (TPSA) is 104 Å². The second-order valence-electron chi connectivity index (χ2n) is 9.20. The van der Waals surface area contributed by atoms with Crippen molar-refractivity contribution in [2.24, 2.45) is 5.92 Å². The highest BCUT2D eigenvalue weighted by molar-refractivity contribution is 7.89. The fourth-order valence-corrected chi connectivity index (χ4v) is 7.01. The minimum Gasteiger partial charge on any atom is -0.487 e. The first kappa shape index (κ1) is 29.1. The zero-order chi connectivity index (χ0) is 27.4. The third-order valence-electron chi connectivity index (χ3n) is 6.22. The van der Waals surface area contributed by atoms with Crippen molar-refractivity contribution >= 4 is 20.0 Å². The monoisotopic (exact) mass is 552 g/mol. The van der Waals surface area contributed by atoms with Crippen LogP contribution in [0.1, 0.15) is 39.2 Å². The highest BCUT2D eigenvalue weighted by Gasteiger charge is 2.39. The fraction of sp³-hybridized carbons (Fsp3) is 0.462. The predicted octanol–water partition coefficient (Wildman–Crippen LogP) is 3.07. The Hall–Kier alpha value is -2.49. The predicted molar refractivity (Wildman–Crippen MR) is 138 cm³/mol. The van der Waals surface area contributed by atoms with Crippen LogP contribution in [0.5, 0.6) is 5.75 Å². The first-order chi connectivity index (χ1) is 17.4. The molecule has 0 spiro atoms. The lowest BCUT2D eigenvalue weighted by Crippen LogP contribution is -2.50. The molecule has 0 bridgehead atoms. The van der Waals surface area contributed by atoms with E-state index in [1.807, 2.05) is 6.92 Å². The third-order valence-corrected chi connectivity index (χ3v) is 10.1. The maximum absolute atomic E-state index is 13.7. The van der Waals surface area contributed by atoms with Gasteiger partial charge < -0.3 is 9.84 Å². The van der Waals surface area contributed by atoms with Gasteiger partial charge in [-0.25, -0.2) is 21.2 Å². The van der Waals surface area contributed by atoms with Crippen LogP contribution in [0.3, 0.4) is 0 Å². The van der Waals surface area contributed by atoms with E-state index in [9.17, 15) is 26.3 Å². The minimum atomic E-state index is -4.04. The molecule has 0 radical (unpaired) electrons. The highest BCUT2D eigenvalue weighted by Crippen LogP contribution is 2.34. The second kappa shape index (κ2) is 11.9. The first-order valence-electron chi connectivity index (χ1n) is 12.1. The average Bonchev–Trinajstić information content (AvgIpc) is 2.85. The maximum atomic E-state index is 13.7. The van der Waals surface area contributed by atoms with Crippen molar-refractivity contribution in [3.63, 3.8) is 0 Å². The van der Waals surface area contributed by atoms with Crippen LogP contribution in [-0.2, 0) is 20.0 Å². The Balaban J connectivity index is 2.05. The molecule has 0 aromatic heterocycles. The SMILES string of the molecule is CCCC#Cc1ccc2c(c1)O[C@H](CN(C)S(=O)(=O)c1cccc(F)c1)[C@H](C)CN([C@@H](C)CO)S2(=O)=O. The van der Waals surface area contributed by atoms with Crippen LogP contribution in [0, 0.1) is 23.6 Å². The quantitative estimate of drug-likeness (QED) is 0.530. The van der Waals surface area contributed by atoms with Gasteiger partial charge in [-0.3, -0.25) is 0 Å². The fourth-order valence-electron chi connectivity index (χ4n) is 3.97. The number of rotatable bonds is 7. The summed E-state index contributed by atoms with van der Waals surface area (Å²) >= 11 is 0. The number of unbranched alkanes of at least 4 members (excludes halogenated alkanes) is 1. The number of aliphatic hydroxyl groups excluding tert-OH is 1.